The summed E-state index contributed by atoms with van der Waals surface area (Å²) < 4.78 is 7.74. The van der Waals surface area contributed by atoms with E-state index in [1.807, 2.05) is 60.8 Å². The van der Waals surface area contributed by atoms with Crippen LogP contribution in [0, 0.1) is 13.8 Å². The quantitative estimate of drug-likeness (QED) is 0.332. The van der Waals surface area contributed by atoms with Crippen molar-refractivity contribution in [3.05, 3.63) is 107 Å². The van der Waals surface area contributed by atoms with Crippen LogP contribution in [0.5, 0.6) is 5.75 Å². The van der Waals surface area contributed by atoms with Gasteiger partial charge in [0.15, 0.2) is 5.11 Å². The molecule has 1 aliphatic rings. The number of nitrogens with one attached hydrogen (secondary N) is 1. The number of hydrogen-bond acceptors (Lipinski definition) is 3. The first-order chi connectivity index (χ1) is 16.5. The number of nitrogens with zero attached hydrogens (tertiary/aromatic N) is 3. The molecule has 0 amide bonds. The lowest BCUT2D eigenvalue weighted by molar-refractivity contribution is 0.415. The molecule has 5 nitrogen and oxygen atoms in total. The van der Waals surface area contributed by atoms with Crippen molar-refractivity contribution in [2.24, 2.45) is 0 Å². The van der Waals surface area contributed by atoms with E-state index >= 15 is 0 Å². The van der Waals surface area contributed by atoms with Crippen LogP contribution < -0.4 is 15.0 Å². The van der Waals surface area contributed by atoms with Crippen LogP contribution in [0.15, 0.2) is 79.0 Å². The molecule has 1 aliphatic heterocycles. The third kappa shape index (κ3) is 3.93. The number of rotatable bonds is 5. The Kier molecular flexibility index (Phi) is 6.02. The van der Waals surface area contributed by atoms with E-state index in [0.717, 1.165) is 34.2 Å². The van der Waals surface area contributed by atoms with Crippen LogP contribution in [-0.2, 0) is 0 Å². The molecule has 4 aromatic rings. The van der Waals surface area contributed by atoms with E-state index in [2.05, 4.69) is 51.8 Å². The largest absolute Gasteiger partial charge is 0.497 e. The number of ether oxygens (including phenoxy) is 1. The van der Waals surface area contributed by atoms with E-state index in [0.29, 0.717) is 10.1 Å². The van der Waals surface area contributed by atoms with Gasteiger partial charge in [-0.2, -0.15) is 0 Å². The zero-order chi connectivity index (χ0) is 23.8. The molecule has 0 bridgehead atoms. The Labute approximate surface area is 210 Å². The Hall–Kier alpha value is -3.35. The topological polar surface area (TPSA) is 42.3 Å². The molecule has 1 saturated heterocycles. The molecule has 0 saturated carbocycles. The first-order valence-electron chi connectivity index (χ1n) is 11.1. The zero-order valence-corrected chi connectivity index (χ0v) is 20.8. The smallest absolute Gasteiger partial charge is 0.174 e. The third-order valence-electron chi connectivity index (χ3n) is 6.28. The predicted molar refractivity (Wildman–Crippen MR) is 141 cm³/mol. The minimum Gasteiger partial charge on any atom is -0.497 e. The number of halogens is 1. The maximum Gasteiger partial charge on any atom is 0.174 e. The monoisotopic (exact) mass is 488 g/mol. The normalized spacial score (nSPS) is 17.6. The lowest BCUT2D eigenvalue weighted by atomic mass is 9.96. The average Bonchev–Trinajstić information content (AvgIpc) is 3.34. The zero-order valence-electron chi connectivity index (χ0n) is 19.2. The summed E-state index contributed by atoms with van der Waals surface area (Å²) in [6.45, 7) is 4.26. The van der Waals surface area contributed by atoms with Crippen molar-refractivity contribution < 1.29 is 4.74 Å². The first-order valence-corrected chi connectivity index (χ1v) is 11.9. The van der Waals surface area contributed by atoms with Crippen LogP contribution in [0.25, 0.3) is 5.69 Å². The van der Waals surface area contributed by atoms with Gasteiger partial charge >= 0.3 is 0 Å². The standard InChI is InChI=1S/C27H25ClN4OS/c1-17-14-23(18(2)31(17)20-9-6-8-19(28)15-20)26-25(24-12-4-5-13-29-24)30-27(34)32(26)21-10-7-11-22(16-21)33-3/h4-16,25-26H,1-3H3,(H,30,34)/t25-,26+/m0/s1. The summed E-state index contributed by atoms with van der Waals surface area (Å²) >= 11 is 12.2. The number of methoxy groups -OCH3 is 1. The fourth-order valence-electron chi connectivity index (χ4n) is 4.81. The van der Waals surface area contributed by atoms with Gasteiger partial charge in [0.05, 0.1) is 24.9 Å². The second kappa shape index (κ2) is 9.12. The predicted octanol–water partition coefficient (Wildman–Crippen LogP) is 6.33. The van der Waals surface area contributed by atoms with E-state index in [1.165, 1.54) is 5.56 Å². The Morgan fingerprint density at radius 2 is 1.76 bits per heavy atom. The van der Waals surface area contributed by atoms with Gasteiger partial charge in [-0.1, -0.05) is 29.8 Å². The van der Waals surface area contributed by atoms with Gasteiger partial charge in [-0.25, -0.2) is 0 Å². The highest BCUT2D eigenvalue weighted by Crippen LogP contribution is 2.44. The van der Waals surface area contributed by atoms with Gasteiger partial charge in [-0.15, -0.1) is 0 Å². The molecule has 34 heavy (non-hydrogen) atoms. The van der Waals surface area contributed by atoms with Gasteiger partial charge in [0.1, 0.15) is 5.75 Å². The van der Waals surface area contributed by atoms with Crippen molar-refractivity contribution in [2.45, 2.75) is 25.9 Å². The van der Waals surface area contributed by atoms with Crippen molar-refractivity contribution in [1.82, 2.24) is 14.9 Å². The second-order valence-corrected chi connectivity index (χ2v) is 9.16. The minimum absolute atomic E-state index is 0.103. The van der Waals surface area contributed by atoms with Crippen molar-refractivity contribution in [2.75, 3.05) is 12.0 Å². The molecular formula is C27H25ClN4OS. The summed E-state index contributed by atoms with van der Waals surface area (Å²) in [5, 5.41) is 4.90. The van der Waals surface area contributed by atoms with E-state index in [1.54, 1.807) is 7.11 Å². The maximum atomic E-state index is 6.32. The Bertz CT molecular complexity index is 1350. The number of aryl methyl sites for hydroxylation is 1. The molecule has 2 aromatic heterocycles. The molecule has 1 fully saturated rings. The second-order valence-electron chi connectivity index (χ2n) is 8.34. The number of hydrogen-bond donors (Lipinski definition) is 1. The van der Waals surface area contributed by atoms with Crippen LogP contribution in [-0.4, -0.2) is 21.8 Å². The molecular weight excluding hydrogens is 464 g/mol. The van der Waals surface area contributed by atoms with Gasteiger partial charge in [-0.3, -0.25) is 4.98 Å². The molecule has 0 spiro atoms. The first kappa shape index (κ1) is 22.4. The fourth-order valence-corrected chi connectivity index (χ4v) is 5.34. The molecule has 5 rings (SSSR count). The molecule has 3 heterocycles. The van der Waals surface area contributed by atoms with Crippen LogP contribution >= 0.6 is 23.8 Å². The van der Waals surface area contributed by atoms with Crippen molar-refractivity contribution in [3.63, 3.8) is 0 Å². The average molecular weight is 489 g/mol. The Morgan fingerprint density at radius 1 is 0.971 bits per heavy atom. The molecule has 0 radical (unpaired) electrons. The summed E-state index contributed by atoms with van der Waals surface area (Å²) in [5.41, 5.74) is 6.36. The Morgan fingerprint density at radius 3 is 2.50 bits per heavy atom. The Balaban J connectivity index is 1.69. The number of anilines is 1. The van der Waals surface area contributed by atoms with Crippen LogP contribution in [0.1, 0.15) is 34.7 Å². The van der Waals surface area contributed by atoms with Crippen molar-refractivity contribution in [3.8, 4) is 11.4 Å². The summed E-state index contributed by atoms with van der Waals surface area (Å²) in [6, 6.07) is 23.9. The summed E-state index contributed by atoms with van der Waals surface area (Å²) in [4.78, 5) is 6.83. The lowest BCUT2D eigenvalue weighted by Gasteiger charge is -2.28. The molecule has 172 valence electrons. The van der Waals surface area contributed by atoms with Gasteiger partial charge < -0.3 is 19.5 Å². The molecule has 0 aliphatic carbocycles. The van der Waals surface area contributed by atoms with Crippen LogP contribution in [0.2, 0.25) is 5.02 Å². The van der Waals surface area contributed by atoms with Crippen LogP contribution in [0.4, 0.5) is 5.69 Å². The van der Waals surface area contributed by atoms with Crippen molar-refractivity contribution >= 4 is 34.6 Å². The van der Waals surface area contributed by atoms with Gasteiger partial charge in [0.2, 0.25) is 0 Å². The minimum atomic E-state index is -0.117. The maximum absolute atomic E-state index is 6.32. The van der Waals surface area contributed by atoms with E-state index < -0.39 is 0 Å². The lowest BCUT2D eigenvalue weighted by Crippen LogP contribution is -2.29. The van der Waals surface area contributed by atoms with Gasteiger partial charge in [0.25, 0.3) is 0 Å². The van der Waals surface area contributed by atoms with E-state index in [4.69, 9.17) is 28.6 Å². The van der Waals surface area contributed by atoms with Crippen LogP contribution in [0.3, 0.4) is 0 Å². The fraction of sp³-hybridized carbons (Fsp3) is 0.185. The SMILES string of the molecule is COc1cccc(N2C(=S)N[C@@H](c3ccccn3)[C@H]2c2cc(C)n(-c3cccc(Cl)c3)c2C)c1. The van der Waals surface area contributed by atoms with E-state index in [9.17, 15) is 0 Å². The molecule has 1 N–H and O–H groups in total. The third-order valence-corrected chi connectivity index (χ3v) is 6.83. The van der Waals surface area contributed by atoms with E-state index in [-0.39, 0.29) is 12.1 Å². The number of aromatic nitrogens is 2. The summed E-state index contributed by atoms with van der Waals surface area (Å²) in [5.74, 6) is 0.782. The highest BCUT2D eigenvalue weighted by molar-refractivity contribution is 7.80. The van der Waals surface area contributed by atoms with Gasteiger partial charge in [-0.05, 0) is 80.2 Å². The number of pyridine rings is 1. The molecule has 2 atom stereocenters. The molecule has 0 unspecified atom stereocenters. The molecule has 7 heteroatoms. The highest BCUT2D eigenvalue weighted by atomic mass is 35.5. The van der Waals surface area contributed by atoms with Crippen molar-refractivity contribution in [1.29, 1.82) is 0 Å². The summed E-state index contributed by atoms with van der Waals surface area (Å²) in [7, 11) is 1.67. The number of benzene rings is 2. The highest BCUT2D eigenvalue weighted by Gasteiger charge is 2.42. The summed E-state index contributed by atoms with van der Waals surface area (Å²) in [6.07, 6.45) is 1.82. The van der Waals surface area contributed by atoms with Gasteiger partial charge in [0, 0.05) is 40.0 Å². The molecule has 2 aromatic carbocycles. The number of thiocarbonyl (C=S) groups is 1.